The van der Waals surface area contributed by atoms with Crippen molar-refractivity contribution in [3.8, 4) is 6.07 Å². The Balaban J connectivity index is 2.27. The number of carbonyl (C=O) groups excluding carboxylic acids is 1. The van der Waals surface area contributed by atoms with Crippen molar-refractivity contribution in [3.63, 3.8) is 0 Å². The number of benzene rings is 1. The first kappa shape index (κ1) is 11.6. The van der Waals surface area contributed by atoms with Crippen LogP contribution in [0.1, 0.15) is 15.9 Å². The number of anilines is 1. The highest BCUT2D eigenvalue weighted by Gasteiger charge is 2.09. The van der Waals surface area contributed by atoms with Crippen molar-refractivity contribution in [3.05, 3.63) is 51.2 Å². The SMILES string of the molecule is N#Cc1ccc(Cl)cc1NC(=O)c1ccsc1. The fraction of sp³-hybridized carbons (Fsp3) is 0. The molecule has 1 heterocycles. The maximum absolute atomic E-state index is 11.8. The lowest BCUT2D eigenvalue weighted by molar-refractivity contribution is 0.102. The van der Waals surface area contributed by atoms with Crippen molar-refractivity contribution < 1.29 is 4.79 Å². The molecule has 0 aliphatic carbocycles. The quantitative estimate of drug-likeness (QED) is 0.900. The van der Waals surface area contributed by atoms with E-state index in [1.807, 2.05) is 11.4 Å². The molecule has 3 nitrogen and oxygen atoms in total. The third-order valence-electron chi connectivity index (χ3n) is 2.13. The minimum Gasteiger partial charge on any atom is -0.321 e. The predicted octanol–water partition coefficient (Wildman–Crippen LogP) is 3.53. The van der Waals surface area contributed by atoms with Gasteiger partial charge in [-0.15, -0.1) is 0 Å². The van der Waals surface area contributed by atoms with E-state index in [4.69, 9.17) is 16.9 Å². The molecule has 0 aliphatic rings. The van der Waals surface area contributed by atoms with Crippen LogP contribution in [0.2, 0.25) is 5.02 Å². The third kappa shape index (κ3) is 2.64. The van der Waals surface area contributed by atoms with Gasteiger partial charge < -0.3 is 5.32 Å². The third-order valence-corrected chi connectivity index (χ3v) is 3.05. The summed E-state index contributed by atoms with van der Waals surface area (Å²) in [7, 11) is 0. The summed E-state index contributed by atoms with van der Waals surface area (Å²) in [5.41, 5.74) is 1.38. The zero-order valence-electron chi connectivity index (χ0n) is 8.61. The van der Waals surface area contributed by atoms with Gasteiger partial charge >= 0.3 is 0 Å². The first-order chi connectivity index (χ1) is 8.20. The minimum absolute atomic E-state index is 0.245. The highest BCUT2D eigenvalue weighted by Crippen LogP contribution is 2.21. The molecule has 0 bridgehead atoms. The fourth-order valence-electron chi connectivity index (χ4n) is 1.31. The molecule has 1 N–H and O–H groups in total. The lowest BCUT2D eigenvalue weighted by atomic mass is 10.2. The van der Waals surface area contributed by atoms with Crippen LogP contribution in [0.25, 0.3) is 0 Å². The number of rotatable bonds is 2. The second-order valence-electron chi connectivity index (χ2n) is 3.27. The van der Waals surface area contributed by atoms with E-state index in [-0.39, 0.29) is 5.91 Å². The van der Waals surface area contributed by atoms with Crippen LogP contribution >= 0.6 is 22.9 Å². The summed E-state index contributed by atoms with van der Waals surface area (Å²) >= 11 is 7.26. The molecule has 5 heteroatoms. The van der Waals surface area contributed by atoms with E-state index in [0.29, 0.717) is 21.8 Å². The summed E-state index contributed by atoms with van der Waals surface area (Å²) in [4.78, 5) is 11.8. The summed E-state index contributed by atoms with van der Waals surface area (Å²) < 4.78 is 0. The molecule has 2 rings (SSSR count). The molecule has 1 aromatic carbocycles. The molecule has 0 saturated carbocycles. The van der Waals surface area contributed by atoms with Gasteiger partial charge in [-0.2, -0.15) is 16.6 Å². The Morgan fingerprint density at radius 3 is 2.88 bits per heavy atom. The van der Waals surface area contributed by atoms with E-state index >= 15 is 0 Å². The van der Waals surface area contributed by atoms with Crippen molar-refractivity contribution in [2.45, 2.75) is 0 Å². The number of nitrogens with zero attached hydrogens (tertiary/aromatic N) is 1. The summed E-state index contributed by atoms with van der Waals surface area (Å²) in [5, 5.41) is 15.6. The van der Waals surface area contributed by atoms with E-state index in [0.717, 1.165) is 0 Å². The number of halogens is 1. The molecule has 1 aromatic heterocycles. The summed E-state index contributed by atoms with van der Waals surface area (Å²) in [6.45, 7) is 0. The van der Waals surface area contributed by atoms with Crippen molar-refractivity contribution in [1.29, 1.82) is 5.26 Å². The number of hydrogen-bond donors (Lipinski definition) is 1. The van der Waals surface area contributed by atoms with Gasteiger partial charge in [0.1, 0.15) is 6.07 Å². The molecule has 0 spiro atoms. The molecule has 1 amide bonds. The Hall–Kier alpha value is -1.83. The molecule has 0 aliphatic heterocycles. The Morgan fingerprint density at radius 2 is 2.24 bits per heavy atom. The summed E-state index contributed by atoms with van der Waals surface area (Å²) in [5.74, 6) is -0.245. The zero-order chi connectivity index (χ0) is 12.3. The van der Waals surface area contributed by atoms with Crippen LogP contribution in [0, 0.1) is 11.3 Å². The van der Waals surface area contributed by atoms with Crippen molar-refractivity contribution in [1.82, 2.24) is 0 Å². The van der Waals surface area contributed by atoms with E-state index in [1.165, 1.54) is 11.3 Å². The van der Waals surface area contributed by atoms with E-state index < -0.39 is 0 Å². The molecule has 0 saturated heterocycles. The highest BCUT2D eigenvalue weighted by atomic mass is 35.5. The summed E-state index contributed by atoms with van der Waals surface area (Å²) in [6.07, 6.45) is 0. The predicted molar refractivity (Wildman–Crippen MR) is 68.4 cm³/mol. The average molecular weight is 263 g/mol. The molecule has 0 radical (unpaired) electrons. The van der Waals surface area contributed by atoms with E-state index in [9.17, 15) is 4.79 Å². The van der Waals surface area contributed by atoms with Gasteiger partial charge in [-0.3, -0.25) is 4.79 Å². The van der Waals surface area contributed by atoms with Crippen molar-refractivity contribution in [2.24, 2.45) is 0 Å². The highest BCUT2D eigenvalue weighted by molar-refractivity contribution is 7.08. The topological polar surface area (TPSA) is 52.9 Å². The first-order valence-corrected chi connectivity index (χ1v) is 6.06. The number of hydrogen-bond acceptors (Lipinski definition) is 3. The van der Waals surface area contributed by atoms with E-state index in [1.54, 1.807) is 29.6 Å². The minimum atomic E-state index is -0.245. The molecular weight excluding hydrogens is 256 g/mol. The Kier molecular flexibility index (Phi) is 3.43. The number of carbonyl (C=O) groups is 1. The molecule has 0 atom stereocenters. The van der Waals surface area contributed by atoms with Gasteiger partial charge in [0, 0.05) is 10.4 Å². The molecule has 2 aromatic rings. The van der Waals surface area contributed by atoms with E-state index in [2.05, 4.69) is 5.32 Å². The van der Waals surface area contributed by atoms with Gasteiger partial charge in [-0.1, -0.05) is 11.6 Å². The monoisotopic (exact) mass is 262 g/mol. The Bertz CT molecular complexity index is 587. The number of thiophene rings is 1. The van der Waals surface area contributed by atoms with Gasteiger partial charge in [-0.05, 0) is 29.6 Å². The van der Waals surface area contributed by atoms with Gasteiger partial charge in [0.15, 0.2) is 0 Å². The van der Waals surface area contributed by atoms with Gasteiger partial charge in [-0.25, -0.2) is 0 Å². The van der Waals surface area contributed by atoms with Crippen LogP contribution in [0.4, 0.5) is 5.69 Å². The van der Waals surface area contributed by atoms with Crippen LogP contribution in [-0.4, -0.2) is 5.91 Å². The standard InChI is InChI=1S/C12H7ClN2OS/c13-10-2-1-8(6-14)11(5-10)15-12(16)9-3-4-17-7-9/h1-5,7H,(H,15,16). The maximum Gasteiger partial charge on any atom is 0.256 e. The van der Waals surface area contributed by atoms with Gasteiger partial charge in [0.2, 0.25) is 0 Å². The normalized spacial score (nSPS) is 9.65. The van der Waals surface area contributed by atoms with Crippen LogP contribution in [-0.2, 0) is 0 Å². The van der Waals surface area contributed by atoms with Gasteiger partial charge in [0.05, 0.1) is 16.8 Å². The zero-order valence-corrected chi connectivity index (χ0v) is 10.2. The number of nitrogens with one attached hydrogen (secondary N) is 1. The average Bonchev–Trinajstić information content (AvgIpc) is 2.83. The smallest absolute Gasteiger partial charge is 0.256 e. The van der Waals surface area contributed by atoms with Crippen molar-refractivity contribution >= 4 is 34.5 Å². The lowest BCUT2D eigenvalue weighted by Gasteiger charge is -2.06. The fourth-order valence-corrected chi connectivity index (χ4v) is 2.11. The van der Waals surface area contributed by atoms with Gasteiger partial charge in [0.25, 0.3) is 5.91 Å². The second kappa shape index (κ2) is 5.00. The number of nitriles is 1. The van der Waals surface area contributed by atoms with Crippen molar-refractivity contribution in [2.75, 3.05) is 5.32 Å². The van der Waals surface area contributed by atoms with Crippen LogP contribution in [0.5, 0.6) is 0 Å². The molecule has 0 fully saturated rings. The molecular formula is C12H7ClN2OS. The van der Waals surface area contributed by atoms with Crippen LogP contribution in [0.15, 0.2) is 35.0 Å². The molecule has 84 valence electrons. The summed E-state index contributed by atoms with van der Waals surface area (Å²) in [6, 6.07) is 8.47. The largest absolute Gasteiger partial charge is 0.321 e. The second-order valence-corrected chi connectivity index (χ2v) is 4.48. The lowest BCUT2D eigenvalue weighted by Crippen LogP contribution is -2.11. The molecule has 0 unspecified atom stereocenters. The maximum atomic E-state index is 11.8. The first-order valence-electron chi connectivity index (χ1n) is 4.74. The number of amides is 1. The van der Waals surface area contributed by atoms with Crippen LogP contribution in [0.3, 0.4) is 0 Å². The Labute approximate surface area is 107 Å². The Morgan fingerprint density at radius 1 is 1.41 bits per heavy atom. The molecule has 17 heavy (non-hydrogen) atoms. The van der Waals surface area contributed by atoms with Crippen LogP contribution < -0.4 is 5.32 Å².